The van der Waals surface area contributed by atoms with Gasteiger partial charge in [-0.1, -0.05) is 25.8 Å². The highest BCUT2D eigenvalue weighted by Gasteiger charge is 2.24. The van der Waals surface area contributed by atoms with E-state index in [0.29, 0.717) is 18.9 Å². The van der Waals surface area contributed by atoms with Gasteiger partial charge in [-0.25, -0.2) is 0 Å². The molecule has 4 atom stereocenters. The summed E-state index contributed by atoms with van der Waals surface area (Å²) < 4.78 is 5.92. The summed E-state index contributed by atoms with van der Waals surface area (Å²) >= 11 is 0. The number of carbonyl (C=O) groups is 1. The number of ether oxygens (including phenoxy) is 1. The number of hydrogen-bond acceptors (Lipinski definition) is 4. The van der Waals surface area contributed by atoms with Crippen molar-refractivity contribution in [3.63, 3.8) is 0 Å². The summed E-state index contributed by atoms with van der Waals surface area (Å²) in [7, 11) is 0. The summed E-state index contributed by atoms with van der Waals surface area (Å²) in [6, 6.07) is 5.72. The van der Waals surface area contributed by atoms with Gasteiger partial charge in [0.2, 0.25) is 5.91 Å². The average molecular weight is 334 g/mol. The molecule has 0 aliphatic heterocycles. The highest BCUT2D eigenvalue weighted by atomic mass is 16.5. The zero-order valence-electron chi connectivity index (χ0n) is 14.8. The lowest BCUT2D eigenvalue weighted by molar-refractivity contribution is -0.137. The Morgan fingerprint density at radius 2 is 2.29 bits per heavy atom. The monoisotopic (exact) mass is 334 g/mol. The van der Waals surface area contributed by atoms with Crippen LogP contribution in [-0.4, -0.2) is 41.4 Å². The molecule has 2 rings (SSSR count). The number of rotatable bonds is 8. The molecule has 5 heteroatoms. The lowest BCUT2D eigenvalue weighted by Crippen LogP contribution is -2.40. The van der Waals surface area contributed by atoms with Crippen LogP contribution in [0.25, 0.3) is 0 Å². The van der Waals surface area contributed by atoms with Gasteiger partial charge in [-0.05, 0) is 44.2 Å². The normalized spacial score (nSPS) is 23.5. The van der Waals surface area contributed by atoms with E-state index in [1.165, 1.54) is 12.8 Å². The van der Waals surface area contributed by atoms with Crippen LogP contribution in [0, 0.1) is 11.8 Å². The Bertz CT molecular complexity index is 495. The lowest BCUT2D eigenvalue weighted by atomic mass is 9.88. The van der Waals surface area contributed by atoms with Gasteiger partial charge in [0.15, 0.2) is 0 Å². The topological polar surface area (TPSA) is 71.5 Å². The summed E-state index contributed by atoms with van der Waals surface area (Å²) in [5, 5.41) is 12.4. The third-order valence-corrected chi connectivity index (χ3v) is 4.70. The van der Waals surface area contributed by atoms with E-state index in [9.17, 15) is 9.90 Å². The second-order valence-electron chi connectivity index (χ2n) is 6.99. The standard InChI is InChI=1S/C19H30N2O3/c1-14-6-5-8-18(10-14)24-15(2)19(23)21-12-16(13-22)11-17-7-3-4-9-20-17/h3-4,7,9,14-16,18,22H,5-6,8,10-13H2,1-2H3,(H,21,23). The molecule has 0 radical (unpaired) electrons. The van der Waals surface area contributed by atoms with E-state index in [1.807, 2.05) is 18.2 Å². The first kappa shape index (κ1) is 18.9. The van der Waals surface area contributed by atoms with Crippen LogP contribution in [0.5, 0.6) is 0 Å². The fraction of sp³-hybridized carbons (Fsp3) is 0.684. The molecule has 1 fully saturated rings. The van der Waals surface area contributed by atoms with E-state index in [1.54, 1.807) is 13.1 Å². The molecular formula is C19H30N2O3. The molecule has 0 aromatic carbocycles. The van der Waals surface area contributed by atoms with Crippen molar-refractivity contribution in [2.45, 2.75) is 58.2 Å². The van der Waals surface area contributed by atoms with E-state index in [0.717, 1.165) is 18.5 Å². The van der Waals surface area contributed by atoms with Crippen LogP contribution in [-0.2, 0) is 16.0 Å². The molecule has 0 saturated heterocycles. The SMILES string of the molecule is CC1CCCC(OC(C)C(=O)NCC(CO)Cc2ccccn2)C1. The van der Waals surface area contributed by atoms with E-state index in [2.05, 4.69) is 17.2 Å². The molecule has 134 valence electrons. The van der Waals surface area contributed by atoms with Crippen molar-refractivity contribution in [2.24, 2.45) is 11.8 Å². The van der Waals surface area contributed by atoms with Crippen molar-refractivity contribution in [3.05, 3.63) is 30.1 Å². The van der Waals surface area contributed by atoms with Crippen molar-refractivity contribution in [2.75, 3.05) is 13.2 Å². The quantitative estimate of drug-likeness (QED) is 0.765. The maximum absolute atomic E-state index is 12.2. The van der Waals surface area contributed by atoms with Gasteiger partial charge in [-0.3, -0.25) is 9.78 Å². The highest BCUT2D eigenvalue weighted by Crippen LogP contribution is 2.26. The third-order valence-electron chi connectivity index (χ3n) is 4.70. The molecule has 0 bridgehead atoms. The fourth-order valence-corrected chi connectivity index (χ4v) is 3.26. The first-order chi connectivity index (χ1) is 11.6. The second-order valence-corrected chi connectivity index (χ2v) is 6.99. The molecule has 1 aliphatic carbocycles. The number of carbonyl (C=O) groups excluding carboxylic acids is 1. The van der Waals surface area contributed by atoms with Crippen molar-refractivity contribution in [1.82, 2.24) is 10.3 Å². The predicted octanol–water partition coefficient (Wildman–Crippen LogP) is 2.33. The minimum atomic E-state index is -0.450. The maximum atomic E-state index is 12.2. The van der Waals surface area contributed by atoms with Crippen LogP contribution in [0.3, 0.4) is 0 Å². The molecule has 1 saturated carbocycles. The Balaban J connectivity index is 1.73. The largest absolute Gasteiger partial charge is 0.396 e. The number of pyridine rings is 1. The molecule has 4 unspecified atom stereocenters. The molecular weight excluding hydrogens is 304 g/mol. The van der Waals surface area contributed by atoms with E-state index in [4.69, 9.17) is 4.74 Å². The Kier molecular flexibility index (Phi) is 7.66. The number of nitrogens with one attached hydrogen (secondary N) is 1. The first-order valence-electron chi connectivity index (χ1n) is 9.02. The van der Waals surface area contributed by atoms with Gasteiger partial charge in [-0.15, -0.1) is 0 Å². The van der Waals surface area contributed by atoms with E-state index >= 15 is 0 Å². The van der Waals surface area contributed by atoms with Crippen LogP contribution in [0.1, 0.15) is 45.2 Å². The minimum absolute atomic E-state index is 0.0201. The lowest BCUT2D eigenvalue weighted by Gasteiger charge is -2.29. The molecule has 5 nitrogen and oxygen atoms in total. The predicted molar refractivity (Wildman–Crippen MR) is 93.5 cm³/mol. The molecule has 2 N–H and O–H groups in total. The zero-order valence-corrected chi connectivity index (χ0v) is 14.8. The van der Waals surface area contributed by atoms with Crippen molar-refractivity contribution >= 4 is 5.91 Å². The van der Waals surface area contributed by atoms with E-state index < -0.39 is 6.10 Å². The zero-order chi connectivity index (χ0) is 17.4. The van der Waals surface area contributed by atoms with Crippen molar-refractivity contribution in [3.8, 4) is 0 Å². The number of aliphatic hydroxyl groups is 1. The third kappa shape index (κ3) is 6.21. The Hall–Kier alpha value is -1.46. The Morgan fingerprint density at radius 3 is 2.96 bits per heavy atom. The summed E-state index contributed by atoms with van der Waals surface area (Å²) in [5.74, 6) is 0.537. The molecule has 0 spiro atoms. The molecule has 1 amide bonds. The van der Waals surface area contributed by atoms with Gasteiger partial charge < -0.3 is 15.2 Å². The van der Waals surface area contributed by atoms with Crippen molar-refractivity contribution < 1.29 is 14.6 Å². The second kappa shape index (κ2) is 9.74. The summed E-state index contributed by atoms with van der Waals surface area (Å²) in [4.78, 5) is 16.5. The van der Waals surface area contributed by atoms with Gasteiger partial charge >= 0.3 is 0 Å². The first-order valence-corrected chi connectivity index (χ1v) is 9.02. The van der Waals surface area contributed by atoms with Crippen LogP contribution >= 0.6 is 0 Å². The number of nitrogens with zero attached hydrogens (tertiary/aromatic N) is 1. The summed E-state index contributed by atoms with van der Waals surface area (Å²) in [6.45, 7) is 4.50. The fourth-order valence-electron chi connectivity index (χ4n) is 3.26. The smallest absolute Gasteiger partial charge is 0.248 e. The minimum Gasteiger partial charge on any atom is -0.396 e. The molecule has 24 heavy (non-hydrogen) atoms. The number of amides is 1. The Morgan fingerprint density at radius 1 is 1.46 bits per heavy atom. The van der Waals surface area contributed by atoms with Crippen LogP contribution in [0.15, 0.2) is 24.4 Å². The number of aliphatic hydroxyl groups excluding tert-OH is 1. The molecule has 1 aliphatic rings. The van der Waals surface area contributed by atoms with Crippen LogP contribution in [0.2, 0.25) is 0 Å². The van der Waals surface area contributed by atoms with Crippen LogP contribution in [0.4, 0.5) is 0 Å². The maximum Gasteiger partial charge on any atom is 0.248 e. The number of hydrogen-bond donors (Lipinski definition) is 2. The highest BCUT2D eigenvalue weighted by molar-refractivity contribution is 5.80. The molecule has 1 heterocycles. The summed E-state index contributed by atoms with van der Waals surface area (Å²) in [6.07, 6.45) is 6.64. The van der Waals surface area contributed by atoms with E-state index in [-0.39, 0.29) is 24.5 Å². The molecule has 1 aromatic rings. The number of aromatic nitrogens is 1. The van der Waals surface area contributed by atoms with Gasteiger partial charge in [0.25, 0.3) is 0 Å². The summed E-state index contributed by atoms with van der Waals surface area (Å²) in [5.41, 5.74) is 0.922. The van der Waals surface area contributed by atoms with Gasteiger partial charge in [-0.2, -0.15) is 0 Å². The van der Waals surface area contributed by atoms with Gasteiger partial charge in [0.1, 0.15) is 6.10 Å². The van der Waals surface area contributed by atoms with Gasteiger partial charge in [0, 0.05) is 31.0 Å². The molecule has 1 aromatic heterocycles. The van der Waals surface area contributed by atoms with Crippen LogP contribution < -0.4 is 5.32 Å². The van der Waals surface area contributed by atoms with Gasteiger partial charge in [0.05, 0.1) is 6.10 Å². The average Bonchev–Trinajstić information content (AvgIpc) is 2.59. The Labute approximate surface area is 144 Å². The van der Waals surface area contributed by atoms with Crippen molar-refractivity contribution in [1.29, 1.82) is 0 Å².